The molecule has 2 aliphatic heterocycles. The van der Waals surface area contributed by atoms with Crippen molar-refractivity contribution in [3.05, 3.63) is 76.2 Å². The molecule has 11 heteroatoms. The van der Waals surface area contributed by atoms with Crippen molar-refractivity contribution in [1.82, 2.24) is 15.2 Å². The van der Waals surface area contributed by atoms with Crippen LogP contribution in [0.25, 0.3) is 0 Å². The number of esters is 1. The van der Waals surface area contributed by atoms with Gasteiger partial charge >= 0.3 is 5.97 Å². The second kappa shape index (κ2) is 12.6. The number of nitrogens with one attached hydrogen (secondary N) is 1. The van der Waals surface area contributed by atoms with Crippen molar-refractivity contribution >= 4 is 28.8 Å². The highest BCUT2D eigenvalue weighted by Crippen LogP contribution is 2.47. The molecule has 1 amide bonds. The van der Waals surface area contributed by atoms with Crippen LogP contribution in [0.5, 0.6) is 11.5 Å². The van der Waals surface area contributed by atoms with E-state index in [-0.39, 0.29) is 25.5 Å². The Hall–Kier alpha value is -3.83. The predicted octanol–water partition coefficient (Wildman–Crippen LogP) is 3.57. The van der Waals surface area contributed by atoms with Crippen molar-refractivity contribution in [2.45, 2.75) is 25.9 Å². The van der Waals surface area contributed by atoms with Gasteiger partial charge in [-0.25, -0.2) is 9.79 Å². The molecule has 0 fully saturated rings. The number of thioether (sulfide) groups is 1. The van der Waals surface area contributed by atoms with Gasteiger partial charge in [-0.2, -0.15) is 0 Å². The minimum Gasteiger partial charge on any atom is -0.497 e. The summed E-state index contributed by atoms with van der Waals surface area (Å²) in [5.74, 6) is 0.467. The minimum atomic E-state index is -0.657. The monoisotopic (exact) mass is 538 g/mol. The second-order valence-electron chi connectivity index (χ2n) is 8.44. The summed E-state index contributed by atoms with van der Waals surface area (Å²) < 4.78 is 21.7. The molecule has 38 heavy (non-hydrogen) atoms. The normalized spacial score (nSPS) is 16.4. The van der Waals surface area contributed by atoms with Crippen molar-refractivity contribution in [3.8, 4) is 11.5 Å². The van der Waals surface area contributed by atoms with Crippen LogP contribution in [-0.4, -0.2) is 61.5 Å². The third-order valence-corrected chi connectivity index (χ3v) is 6.92. The Morgan fingerprint density at radius 3 is 2.68 bits per heavy atom. The van der Waals surface area contributed by atoms with E-state index in [0.29, 0.717) is 45.7 Å². The van der Waals surface area contributed by atoms with Gasteiger partial charge in [-0.3, -0.25) is 9.78 Å². The number of pyridine rings is 1. The molecule has 0 radical (unpaired) electrons. The number of methoxy groups -OCH3 is 3. The number of rotatable bonds is 11. The van der Waals surface area contributed by atoms with E-state index in [0.717, 1.165) is 5.56 Å². The zero-order valence-corrected chi connectivity index (χ0v) is 22.5. The highest BCUT2D eigenvalue weighted by Gasteiger charge is 2.42. The zero-order valence-electron chi connectivity index (χ0n) is 21.7. The lowest BCUT2D eigenvalue weighted by atomic mass is 9.92. The first-order chi connectivity index (χ1) is 18.5. The SMILES string of the molecule is COCCOC(=O)C1=C(C)N=C2SC=C(CC(=O)NCc3cccnc3)N2C1c1cc(OC)ccc1OC. The van der Waals surface area contributed by atoms with E-state index in [4.69, 9.17) is 18.9 Å². The fourth-order valence-electron chi connectivity index (χ4n) is 4.20. The molecule has 0 saturated heterocycles. The Morgan fingerprint density at radius 2 is 1.97 bits per heavy atom. The molecule has 200 valence electrons. The maximum absolute atomic E-state index is 13.4. The Bertz CT molecular complexity index is 1280. The van der Waals surface area contributed by atoms with Gasteiger partial charge in [0.25, 0.3) is 0 Å². The fraction of sp³-hybridized carbons (Fsp3) is 0.333. The van der Waals surface area contributed by atoms with Crippen LogP contribution in [0.3, 0.4) is 0 Å². The first-order valence-electron chi connectivity index (χ1n) is 11.9. The van der Waals surface area contributed by atoms with Gasteiger partial charge in [0.1, 0.15) is 18.1 Å². The second-order valence-corrected chi connectivity index (χ2v) is 9.28. The van der Waals surface area contributed by atoms with Gasteiger partial charge in [0.05, 0.1) is 44.6 Å². The van der Waals surface area contributed by atoms with E-state index in [1.165, 1.54) is 18.9 Å². The van der Waals surface area contributed by atoms with E-state index in [2.05, 4.69) is 15.3 Å². The van der Waals surface area contributed by atoms with Crippen molar-refractivity contribution in [2.75, 3.05) is 34.5 Å². The summed E-state index contributed by atoms with van der Waals surface area (Å²) in [7, 11) is 4.68. The largest absolute Gasteiger partial charge is 0.497 e. The number of carbonyl (C=O) groups excluding carboxylic acids is 2. The summed E-state index contributed by atoms with van der Waals surface area (Å²) >= 11 is 1.40. The standard InChI is InChI=1S/C27H30N4O6S/c1-17-24(26(33)37-11-10-34-2)25(21-13-20(35-3)7-8-22(21)36-4)31-19(16-38-27(31)30-17)12-23(32)29-15-18-6-5-9-28-14-18/h5-9,13-14,16,25H,10-12,15H2,1-4H3,(H,29,32). The summed E-state index contributed by atoms with van der Waals surface area (Å²) in [6.45, 7) is 2.49. The van der Waals surface area contributed by atoms with Crippen LogP contribution in [0.2, 0.25) is 0 Å². The molecule has 1 atom stereocenters. The number of hydrogen-bond donors (Lipinski definition) is 1. The van der Waals surface area contributed by atoms with Gasteiger partial charge < -0.3 is 29.2 Å². The van der Waals surface area contributed by atoms with E-state index < -0.39 is 12.0 Å². The Balaban J connectivity index is 1.68. The van der Waals surface area contributed by atoms with Crippen LogP contribution in [0.1, 0.15) is 30.5 Å². The maximum atomic E-state index is 13.4. The average molecular weight is 539 g/mol. The van der Waals surface area contributed by atoms with E-state index in [1.54, 1.807) is 45.7 Å². The van der Waals surface area contributed by atoms with Crippen LogP contribution in [0, 0.1) is 0 Å². The number of aliphatic imine (C=N–C) groups is 1. The number of carbonyl (C=O) groups is 2. The number of allylic oxidation sites excluding steroid dienone is 1. The van der Waals surface area contributed by atoms with Crippen LogP contribution in [0.15, 0.2) is 70.1 Å². The molecule has 3 heterocycles. The number of amidine groups is 1. The Morgan fingerprint density at radius 1 is 1.13 bits per heavy atom. The zero-order chi connectivity index (χ0) is 27.1. The van der Waals surface area contributed by atoms with Crippen molar-refractivity contribution in [1.29, 1.82) is 0 Å². The van der Waals surface area contributed by atoms with Crippen molar-refractivity contribution in [3.63, 3.8) is 0 Å². The first kappa shape index (κ1) is 27.2. The molecule has 1 aromatic heterocycles. The third kappa shape index (κ3) is 6.00. The van der Waals surface area contributed by atoms with Gasteiger partial charge in [0.2, 0.25) is 5.91 Å². The van der Waals surface area contributed by atoms with Gasteiger partial charge in [-0.05, 0) is 42.2 Å². The number of fused-ring (bicyclic) bond motifs is 1. The molecule has 0 bridgehead atoms. The lowest BCUT2D eigenvalue weighted by Gasteiger charge is -2.36. The van der Waals surface area contributed by atoms with E-state index in [1.807, 2.05) is 28.5 Å². The first-order valence-corrected chi connectivity index (χ1v) is 12.8. The lowest BCUT2D eigenvalue weighted by molar-refractivity contribution is -0.141. The van der Waals surface area contributed by atoms with E-state index in [9.17, 15) is 9.59 Å². The molecule has 1 aromatic carbocycles. The lowest BCUT2D eigenvalue weighted by Crippen LogP contribution is -2.38. The van der Waals surface area contributed by atoms with Crippen molar-refractivity contribution < 1.29 is 28.5 Å². The number of aromatic nitrogens is 1. The van der Waals surface area contributed by atoms with E-state index >= 15 is 0 Å². The molecule has 1 N–H and O–H groups in total. The molecule has 0 spiro atoms. The predicted molar refractivity (Wildman–Crippen MR) is 143 cm³/mol. The highest BCUT2D eigenvalue weighted by atomic mass is 32.2. The highest BCUT2D eigenvalue weighted by molar-refractivity contribution is 8.16. The van der Waals surface area contributed by atoms with Gasteiger partial charge in [0.15, 0.2) is 5.17 Å². The average Bonchev–Trinajstić information content (AvgIpc) is 3.32. The maximum Gasteiger partial charge on any atom is 0.338 e. The van der Waals surface area contributed by atoms with Gasteiger partial charge in [-0.15, -0.1) is 0 Å². The topological polar surface area (TPSA) is 112 Å². The van der Waals surface area contributed by atoms with Crippen molar-refractivity contribution in [2.24, 2.45) is 4.99 Å². The summed E-state index contributed by atoms with van der Waals surface area (Å²) in [5.41, 5.74) is 3.15. The smallest absolute Gasteiger partial charge is 0.338 e. The summed E-state index contributed by atoms with van der Waals surface area (Å²) in [5, 5.41) is 5.47. The third-order valence-electron chi connectivity index (χ3n) is 6.03. The van der Waals surface area contributed by atoms with Crippen LogP contribution in [-0.2, 0) is 25.6 Å². The summed E-state index contributed by atoms with van der Waals surface area (Å²) in [6.07, 6.45) is 3.48. The number of amides is 1. The molecular weight excluding hydrogens is 508 g/mol. The van der Waals surface area contributed by atoms with Crippen LogP contribution < -0.4 is 14.8 Å². The molecule has 1 unspecified atom stereocenters. The van der Waals surface area contributed by atoms with Crippen LogP contribution >= 0.6 is 11.8 Å². The molecule has 2 aliphatic rings. The van der Waals surface area contributed by atoms with Gasteiger partial charge in [-0.1, -0.05) is 17.8 Å². The molecule has 0 aliphatic carbocycles. The quantitative estimate of drug-likeness (QED) is 0.339. The molecule has 4 rings (SSSR count). The Labute approximate surface area is 225 Å². The fourth-order valence-corrected chi connectivity index (χ4v) is 5.17. The molecule has 2 aromatic rings. The minimum absolute atomic E-state index is 0.0834. The molecule has 0 saturated carbocycles. The van der Waals surface area contributed by atoms with Gasteiger partial charge in [0, 0.05) is 37.3 Å². The summed E-state index contributed by atoms with van der Waals surface area (Å²) in [6, 6.07) is 8.46. The van der Waals surface area contributed by atoms with Crippen LogP contribution in [0.4, 0.5) is 0 Å². The summed E-state index contributed by atoms with van der Waals surface area (Å²) in [4.78, 5) is 37.0. The number of benzene rings is 1. The number of hydrogen-bond acceptors (Lipinski definition) is 10. The molecule has 10 nitrogen and oxygen atoms in total. The number of ether oxygens (including phenoxy) is 4. The molecular formula is C27H30N4O6S. The Kier molecular flexibility index (Phi) is 9.03. The number of nitrogens with zero attached hydrogens (tertiary/aromatic N) is 3.